The molecule has 2 amide bonds. The molecule has 0 radical (unpaired) electrons. The Labute approximate surface area is 99.2 Å². The van der Waals surface area contributed by atoms with E-state index in [9.17, 15) is 9.59 Å². The number of carbonyl (C=O) groups is 2. The largest absolute Gasteiger partial charge is 0.368 e. The Hall–Kier alpha value is -2.14. The molecule has 0 aromatic heterocycles. The molecule has 0 unspecified atom stereocenters. The molecule has 1 rings (SSSR count). The summed E-state index contributed by atoms with van der Waals surface area (Å²) in [4.78, 5) is 26.0. The molecule has 0 heterocycles. The number of hydroxylamine groups is 1. The van der Waals surface area contributed by atoms with Gasteiger partial charge >= 0.3 is 0 Å². The van der Waals surface area contributed by atoms with Crippen molar-refractivity contribution >= 4 is 17.9 Å². The molecular formula is C12H14N2O3. The van der Waals surface area contributed by atoms with Crippen LogP contribution in [0.5, 0.6) is 0 Å². The van der Waals surface area contributed by atoms with Gasteiger partial charge in [-0.1, -0.05) is 29.8 Å². The fraction of sp³-hybridized carbons (Fsp3) is 0.167. The van der Waals surface area contributed by atoms with Crippen LogP contribution in [0.4, 0.5) is 0 Å². The normalized spacial score (nSPS) is 10.4. The van der Waals surface area contributed by atoms with Gasteiger partial charge in [0.15, 0.2) is 6.61 Å². The van der Waals surface area contributed by atoms with Crippen LogP contribution >= 0.6 is 0 Å². The predicted octanol–water partition coefficient (Wildman–Crippen LogP) is 0.541. The molecule has 1 aromatic carbocycles. The van der Waals surface area contributed by atoms with E-state index in [1.54, 1.807) is 6.08 Å². The van der Waals surface area contributed by atoms with Crippen LogP contribution in [0.15, 0.2) is 30.3 Å². The zero-order valence-corrected chi connectivity index (χ0v) is 9.47. The Morgan fingerprint density at radius 1 is 1.35 bits per heavy atom. The van der Waals surface area contributed by atoms with E-state index in [2.05, 4.69) is 10.3 Å². The fourth-order valence-electron chi connectivity index (χ4n) is 1.06. The minimum absolute atomic E-state index is 0.343. The first-order valence-corrected chi connectivity index (χ1v) is 5.03. The Bertz CT molecular complexity index is 424. The fourth-order valence-corrected chi connectivity index (χ4v) is 1.06. The first-order valence-electron chi connectivity index (χ1n) is 5.03. The van der Waals surface area contributed by atoms with Crippen LogP contribution in [0.3, 0.4) is 0 Å². The van der Waals surface area contributed by atoms with Gasteiger partial charge in [0, 0.05) is 6.08 Å². The van der Waals surface area contributed by atoms with Crippen LogP contribution in [0.1, 0.15) is 11.1 Å². The van der Waals surface area contributed by atoms with E-state index in [-0.39, 0.29) is 6.61 Å². The molecular weight excluding hydrogens is 220 g/mol. The molecule has 0 bridgehead atoms. The van der Waals surface area contributed by atoms with Crippen LogP contribution in [0, 0.1) is 6.92 Å². The number of hydrogen-bond donors (Lipinski definition) is 2. The lowest BCUT2D eigenvalue weighted by molar-refractivity contribution is -0.134. The van der Waals surface area contributed by atoms with Crippen molar-refractivity contribution in [1.29, 1.82) is 0 Å². The average molecular weight is 234 g/mol. The summed E-state index contributed by atoms with van der Waals surface area (Å²) in [5.74, 6) is -1.10. The molecule has 90 valence electrons. The number of carbonyl (C=O) groups excluding carboxylic acids is 2. The summed E-state index contributed by atoms with van der Waals surface area (Å²) in [7, 11) is 0. The van der Waals surface area contributed by atoms with E-state index < -0.39 is 11.8 Å². The number of aryl methyl sites for hydroxylation is 1. The SMILES string of the molecule is Cc1ccc(/C=C/C(=O)NOCC(N)=O)cc1. The van der Waals surface area contributed by atoms with Gasteiger partial charge in [-0.25, -0.2) is 5.48 Å². The summed E-state index contributed by atoms with van der Waals surface area (Å²) in [5.41, 5.74) is 8.95. The molecule has 17 heavy (non-hydrogen) atoms. The first kappa shape index (κ1) is 12.9. The molecule has 0 atom stereocenters. The third-order valence-electron chi connectivity index (χ3n) is 1.89. The summed E-state index contributed by atoms with van der Waals surface area (Å²) >= 11 is 0. The highest BCUT2D eigenvalue weighted by Gasteiger charge is 1.97. The zero-order chi connectivity index (χ0) is 12.7. The average Bonchev–Trinajstić information content (AvgIpc) is 2.28. The molecule has 0 saturated carbocycles. The van der Waals surface area contributed by atoms with Gasteiger partial charge in [0.05, 0.1) is 0 Å². The Morgan fingerprint density at radius 2 is 2.00 bits per heavy atom. The predicted molar refractivity (Wildman–Crippen MR) is 63.5 cm³/mol. The Balaban J connectivity index is 2.40. The van der Waals surface area contributed by atoms with Crippen molar-refractivity contribution < 1.29 is 14.4 Å². The lowest BCUT2D eigenvalue weighted by atomic mass is 10.1. The van der Waals surface area contributed by atoms with Crippen molar-refractivity contribution in [2.24, 2.45) is 5.73 Å². The van der Waals surface area contributed by atoms with Crippen molar-refractivity contribution in [3.05, 3.63) is 41.5 Å². The minimum Gasteiger partial charge on any atom is -0.368 e. The number of hydrogen-bond acceptors (Lipinski definition) is 3. The molecule has 3 N–H and O–H groups in total. The molecule has 1 aromatic rings. The second kappa shape index (κ2) is 6.44. The number of primary amides is 1. The van der Waals surface area contributed by atoms with Gasteiger partial charge in [-0.15, -0.1) is 0 Å². The van der Waals surface area contributed by atoms with Gasteiger partial charge in [0.1, 0.15) is 0 Å². The molecule has 0 fully saturated rings. The van der Waals surface area contributed by atoms with Gasteiger partial charge in [-0.3, -0.25) is 14.4 Å². The van der Waals surface area contributed by atoms with Crippen LogP contribution in [-0.2, 0) is 14.4 Å². The highest BCUT2D eigenvalue weighted by Crippen LogP contribution is 2.04. The highest BCUT2D eigenvalue weighted by molar-refractivity contribution is 5.91. The van der Waals surface area contributed by atoms with Crippen molar-refractivity contribution in [3.63, 3.8) is 0 Å². The Morgan fingerprint density at radius 3 is 2.59 bits per heavy atom. The second-order valence-corrected chi connectivity index (χ2v) is 3.47. The Kier molecular flexibility index (Phi) is 4.90. The van der Waals surface area contributed by atoms with Crippen molar-refractivity contribution in [2.45, 2.75) is 6.92 Å². The van der Waals surface area contributed by atoms with Crippen LogP contribution in [0.25, 0.3) is 6.08 Å². The zero-order valence-electron chi connectivity index (χ0n) is 9.47. The summed E-state index contributed by atoms with van der Waals surface area (Å²) in [6.45, 7) is 1.64. The van der Waals surface area contributed by atoms with Crippen molar-refractivity contribution in [1.82, 2.24) is 5.48 Å². The quantitative estimate of drug-likeness (QED) is 0.576. The summed E-state index contributed by atoms with van der Waals surface area (Å²) in [6.07, 6.45) is 2.95. The molecule has 5 heteroatoms. The number of amides is 2. The number of benzene rings is 1. The topological polar surface area (TPSA) is 81.4 Å². The number of nitrogens with two attached hydrogens (primary N) is 1. The van der Waals surface area contributed by atoms with Gasteiger partial charge in [-0.2, -0.15) is 0 Å². The maximum Gasteiger partial charge on any atom is 0.267 e. The highest BCUT2D eigenvalue weighted by atomic mass is 16.7. The summed E-state index contributed by atoms with van der Waals surface area (Å²) < 4.78 is 0. The van der Waals surface area contributed by atoms with E-state index in [4.69, 9.17) is 5.73 Å². The monoisotopic (exact) mass is 234 g/mol. The van der Waals surface area contributed by atoms with Crippen molar-refractivity contribution in [2.75, 3.05) is 6.61 Å². The molecule has 0 saturated heterocycles. The molecule has 0 aliphatic rings. The van der Waals surface area contributed by atoms with Gasteiger partial charge in [0.2, 0.25) is 5.91 Å². The maximum absolute atomic E-state index is 11.2. The number of rotatable bonds is 5. The van der Waals surface area contributed by atoms with Crippen LogP contribution in [0.2, 0.25) is 0 Å². The molecule has 0 aliphatic heterocycles. The van der Waals surface area contributed by atoms with Crippen LogP contribution < -0.4 is 11.2 Å². The van der Waals surface area contributed by atoms with E-state index in [1.165, 1.54) is 6.08 Å². The van der Waals surface area contributed by atoms with E-state index in [0.29, 0.717) is 0 Å². The summed E-state index contributed by atoms with van der Waals surface area (Å²) in [6, 6.07) is 7.68. The van der Waals surface area contributed by atoms with Crippen LogP contribution in [-0.4, -0.2) is 18.4 Å². The molecule has 0 aliphatic carbocycles. The lowest BCUT2D eigenvalue weighted by Crippen LogP contribution is -2.28. The van der Waals surface area contributed by atoms with Gasteiger partial charge < -0.3 is 5.73 Å². The smallest absolute Gasteiger partial charge is 0.267 e. The third kappa shape index (κ3) is 5.48. The minimum atomic E-state index is -0.646. The molecule has 5 nitrogen and oxygen atoms in total. The van der Waals surface area contributed by atoms with Gasteiger partial charge in [-0.05, 0) is 18.6 Å². The van der Waals surface area contributed by atoms with Crippen molar-refractivity contribution in [3.8, 4) is 0 Å². The van der Waals surface area contributed by atoms with E-state index in [0.717, 1.165) is 11.1 Å². The number of nitrogens with one attached hydrogen (secondary N) is 1. The standard InChI is InChI=1S/C12H14N2O3/c1-9-2-4-10(5-3-9)6-7-12(16)14-17-8-11(13)15/h2-7H,8H2,1H3,(H2,13,15)(H,14,16)/b7-6+. The van der Waals surface area contributed by atoms with E-state index in [1.807, 2.05) is 31.2 Å². The first-order chi connectivity index (χ1) is 8.08. The lowest BCUT2D eigenvalue weighted by Gasteiger charge is -2.00. The van der Waals surface area contributed by atoms with E-state index >= 15 is 0 Å². The second-order valence-electron chi connectivity index (χ2n) is 3.47. The molecule has 0 spiro atoms. The summed E-state index contributed by atoms with van der Waals surface area (Å²) in [5, 5.41) is 0. The maximum atomic E-state index is 11.2. The van der Waals surface area contributed by atoms with Gasteiger partial charge in [0.25, 0.3) is 5.91 Å². The third-order valence-corrected chi connectivity index (χ3v) is 1.89.